The van der Waals surface area contributed by atoms with E-state index in [1.165, 1.54) is 38.9 Å². The number of benzene rings is 4. The van der Waals surface area contributed by atoms with Gasteiger partial charge in [-0.2, -0.15) is 0 Å². The van der Waals surface area contributed by atoms with E-state index in [2.05, 4.69) is 91.0 Å². The molecule has 4 aromatic carbocycles. The fourth-order valence-electron chi connectivity index (χ4n) is 6.93. The molecule has 4 aromatic rings. The van der Waals surface area contributed by atoms with Crippen molar-refractivity contribution in [3.63, 3.8) is 0 Å². The van der Waals surface area contributed by atoms with E-state index >= 15 is 0 Å². The van der Waals surface area contributed by atoms with Crippen LogP contribution in [0, 0.1) is 0 Å². The van der Waals surface area contributed by atoms with Gasteiger partial charge in [0.1, 0.15) is 18.5 Å². The van der Waals surface area contributed by atoms with E-state index in [1.54, 1.807) is 0 Å². The third-order valence-corrected chi connectivity index (χ3v) is 9.79. The molecule has 4 aliphatic rings. The summed E-state index contributed by atoms with van der Waals surface area (Å²) in [6, 6.07) is 35.4. The van der Waals surface area contributed by atoms with Crippen molar-refractivity contribution in [1.82, 2.24) is 0 Å². The van der Waals surface area contributed by atoms with E-state index in [1.807, 2.05) is 6.07 Å². The van der Waals surface area contributed by atoms with Crippen LogP contribution in [0.25, 0.3) is 0 Å². The first-order valence-electron chi connectivity index (χ1n) is 16.6. The second kappa shape index (κ2) is 14.3. The van der Waals surface area contributed by atoms with Crippen molar-refractivity contribution in [2.45, 2.75) is 42.1 Å². The largest absolute Gasteiger partial charge is 0.491 e. The van der Waals surface area contributed by atoms with Crippen LogP contribution in [0.3, 0.4) is 0 Å². The molecule has 0 N–H and O–H groups in total. The molecular formula is C39H40O8. The Hall–Kier alpha value is -3.60. The lowest BCUT2D eigenvalue weighted by Crippen LogP contribution is -2.13. The van der Waals surface area contributed by atoms with Crippen molar-refractivity contribution < 1.29 is 38.8 Å². The highest BCUT2D eigenvalue weighted by atomic mass is 17.2. The topological polar surface area (TPSA) is 77.1 Å². The van der Waals surface area contributed by atoms with Crippen LogP contribution in [0.4, 0.5) is 0 Å². The standard InChI is InChI=1S/C39H40O8/c1-5-26(33-18-42-43-19-33)13-29(8-1)38(30-9-2-6-27(14-30)34-20-44-45-21-34)17-39(31-10-3-7-28(15-31)35-22-46-47-23-35)32-11-4-12-36(16-32)40-24-37-25-41-37/h1-16,33-35,37-39H,17-25H2. The van der Waals surface area contributed by atoms with Gasteiger partial charge in [-0.25, -0.2) is 29.3 Å². The van der Waals surface area contributed by atoms with Gasteiger partial charge < -0.3 is 9.47 Å². The van der Waals surface area contributed by atoms with E-state index in [-0.39, 0.29) is 35.7 Å². The lowest BCUT2D eigenvalue weighted by molar-refractivity contribution is -0.248. The highest BCUT2D eigenvalue weighted by molar-refractivity contribution is 5.44. The Labute approximate surface area is 275 Å². The fraction of sp³-hybridized carbons (Fsp3) is 0.385. The molecule has 4 aliphatic heterocycles. The Morgan fingerprint density at radius 1 is 0.489 bits per heavy atom. The first-order valence-corrected chi connectivity index (χ1v) is 16.6. The van der Waals surface area contributed by atoms with Crippen LogP contribution in [0.2, 0.25) is 0 Å². The summed E-state index contributed by atoms with van der Waals surface area (Å²) >= 11 is 0. The van der Waals surface area contributed by atoms with E-state index in [9.17, 15) is 0 Å². The highest BCUT2D eigenvalue weighted by Gasteiger charge is 2.29. The maximum Gasteiger partial charge on any atom is 0.119 e. The Balaban J connectivity index is 1.20. The molecule has 4 heterocycles. The Bertz CT molecular complexity index is 1580. The van der Waals surface area contributed by atoms with Crippen molar-refractivity contribution in [2.75, 3.05) is 52.9 Å². The van der Waals surface area contributed by atoms with Crippen molar-refractivity contribution in [3.8, 4) is 5.75 Å². The molecule has 0 aliphatic carbocycles. The molecule has 0 bridgehead atoms. The molecule has 4 saturated heterocycles. The first kappa shape index (κ1) is 30.7. The predicted octanol–water partition coefficient (Wildman–Crippen LogP) is 6.95. The summed E-state index contributed by atoms with van der Waals surface area (Å²) in [5.41, 5.74) is 8.69. The van der Waals surface area contributed by atoms with Gasteiger partial charge in [-0.15, -0.1) is 0 Å². The second-order valence-electron chi connectivity index (χ2n) is 13.0. The number of epoxide rings is 1. The zero-order chi connectivity index (χ0) is 31.4. The molecule has 0 radical (unpaired) electrons. The monoisotopic (exact) mass is 636 g/mol. The van der Waals surface area contributed by atoms with Crippen molar-refractivity contribution >= 4 is 0 Å². The number of rotatable bonds is 12. The minimum absolute atomic E-state index is 0.0764. The van der Waals surface area contributed by atoms with Crippen LogP contribution in [0.1, 0.15) is 75.0 Å². The first-order chi connectivity index (χ1) is 23.3. The normalized spacial score (nSPS) is 21.1. The van der Waals surface area contributed by atoms with Gasteiger partial charge in [-0.3, -0.25) is 0 Å². The number of hydrogen-bond donors (Lipinski definition) is 0. The average molecular weight is 637 g/mol. The van der Waals surface area contributed by atoms with Gasteiger partial charge in [0.25, 0.3) is 0 Å². The molecule has 47 heavy (non-hydrogen) atoms. The zero-order valence-electron chi connectivity index (χ0n) is 26.3. The van der Waals surface area contributed by atoms with Crippen molar-refractivity contribution in [2.24, 2.45) is 0 Å². The van der Waals surface area contributed by atoms with Crippen LogP contribution in [0.5, 0.6) is 5.75 Å². The molecule has 8 rings (SSSR count). The summed E-state index contributed by atoms with van der Waals surface area (Å²) in [7, 11) is 0. The number of ether oxygens (including phenoxy) is 2. The SMILES string of the molecule is c1cc(OCC2CO2)cc(C(CC(c2cccc(C3COOC3)c2)c2cccc(C3COOC3)c2)c2cccc(C3COOC3)c2)c1. The Kier molecular flexibility index (Phi) is 9.32. The maximum absolute atomic E-state index is 6.18. The molecule has 244 valence electrons. The Morgan fingerprint density at radius 3 is 1.28 bits per heavy atom. The smallest absolute Gasteiger partial charge is 0.119 e. The van der Waals surface area contributed by atoms with Gasteiger partial charge in [0, 0.05) is 29.6 Å². The number of hydrogen-bond acceptors (Lipinski definition) is 8. The molecular weight excluding hydrogens is 596 g/mol. The van der Waals surface area contributed by atoms with E-state index < -0.39 is 0 Å². The van der Waals surface area contributed by atoms with Crippen LogP contribution in [-0.2, 0) is 34.1 Å². The summed E-state index contributed by atoms with van der Waals surface area (Å²) in [5, 5.41) is 0. The summed E-state index contributed by atoms with van der Waals surface area (Å²) < 4.78 is 11.6. The van der Waals surface area contributed by atoms with Crippen LogP contribution in [0.15, 0.2) is 97.1 Å². The third kappa shape index (κ3) is 7.29. The molecule has 2 atom stereocenters. The molecule has 2 unspecified atom stereocenters. The molecule has 8 heteroatoms. The van der Waals surface area contributed by atoms with Gasteiger partial charge >= 0.3 is 0 Å². The van der Waals surface area contributed by atoms with Gasteiger partial charge in [-0.05, 0) is 57.5 Å². The fourth-order valence-corrected chi connectivity index (χ4v) is 6.93. The minimum atomic E-state index is 0.0764. The predicted molar refractivity (Wildman–Crippen MR) is 173 cm³/mol. The molecule has 0 aromatic heterocycles. The van der Waals surface area contributed by atoms with Gasteiger partial charge in [-0.1, -0.05) is 84.9 Å². The van der Waals surface area contributed by atoms with Crippen molar-refractivity contribution in [1.29, 1.82) is 0 Å². The molecule has 0 amide bonds. The maximum atomic E-state index is 6.18. The van der Waals surface area contributed by atoms with Crippen LogP contribution >= 0.6 is 0 Å². The average Bonchev–Trinajstić information content (AvgIpc) is 3.57. The quantitative estimate of drug-likeness (QED) is 0.122. The van der Waals surface area contributed by atoms with Gasteiger partial charge in [0.05, 0.1) is 46.2 Å². The lowest BCUT2D eigenvalue weighted by Gasteiger charge is -2.27. The molecule has 0 saturated carbocycles. The molecule has 0 spiro atoms. The summed E-state index contributed by atoms with van der Waals surface area (Å²) in [5.74, 6) is 1.66. The Morgan fingerprint density at radius 2 is 0.872 bits per heavy atom. The zero-order valence-corrected chi connectivity index (χ0v) is 26.3. The van der Waals surface area contributed by atoms with Crippen LogP contribution < -0.4 is 4.74 Å². The second-order valence-corrected chi connectivity index (χ2v) is 13.0. The van der Waals surface area contributed by atoms with Crippen LogP contribution in [-0.4, -0.2) is 59.0 Å². The highest BCUT2D eigenvalue weighted by Crippen LogP contribution is 2.42. The third-order valence-electron chi connectivity index (χ3n) is 9.79. The van der Waals surface area contributed by atoms with E-state index in [4.69, 9.17) is 38.8 Å². The van der Waals surface area contributed by atoms with E-state index in [0.717, 1.165) is 18.8 Å². The summed E-state index contributed by atoms with van der Waals surface area (Å²) in [6.45, 7) is 4.71. The summed E-state index contributed by atoms with van der Waals surface area (Å²) in [4.78, 5) is 31.7. The van der Waals surface area contributed by atoms with Gasteiger partial charge in [0.2, 0.25) is 0 Å². The minimum Gasteiger partial charge on any atom is -0.491 e. The lowest BCUT2D eigenvalue weighted by atomic mass is 9.76. The summed E-state index contributed by atoms with van der Waals surface area (Å²) in [6.07, 6.45) is 1.04. The van der Waals surface area contributed by atoms with Gasteiger partial charge in [0.15, 0.2) is 0 Å². The molecule has 8 nitrogen and oxygen atoms in total. The van der Waals surface area contributed by atoms with E-state index in [0.29, 0.717) is 46.2 Å². The molecule has 4 fully saturated rings. The van der Waals surface area contributed by atoms with Crippen molar-refractivity contribution in [3.05, 3.63) is 136 Å².